The summed E-state index contributed by atoms with van der Waals surface area (Å²) in [5, 5.41) is 3.04. The van der Waals surface area contributed by atoms with Gasteiger partial charge in [-0.2, -0.15) is 26.3 Å². The molecule has 2 rings (SSSR count). The van der Waals surface area contributed by atoms with Gasteiger partial charge in [0.2, 0.25) is 0 Å². The Morgan fingerprint density at radius 2 is 1.50 bits per heavy atom. The number of hydrogen-bond donors (Lipinski definition) is 1. The third-order valence-electron chi connectivity index (χ3n) is 4.98. The van der Waals surface area contributed by atoms with Crippen LogP contribution < -0.4 is 5.32 Å². The monoisotopic (exact) mass is 459 g/mol. The Balaban J connectivity index is 2.41. The molecule has 0 spiro atoms. The molecule has 0 radical (unpaired) electrons. The largest absolute Gasteiger partial charge is 0.416 e. The van der Waals surface area contributed by atoms with Gasteiger partial charge in [-0.1, -0.05) is 36.4 Å². The predicted molar refractivity (Wildman–Crippen MR) is 108 cm³/mol. The molecule has 0 unspecified atom stereocenters. The zero-order valence-electron chi connectivity index (χ0n) is 17.6. The van der Waals surface area contributed by atoms with Crippen LogP contribution in [-0.2, 0) is 27.4 Å². The molecule has 0 fully saturated rings. The van der Waals surface area contributed by atoms with Crippen LogP contribution >= 0.6 is 0 Å². The number of benzene rings is 2. The fourth-order valence-electron chi connectivity index (χ4n) is 3.09. The summed E-state index contributed by atoms with van der Waals surface area (Å²) in [5.74, 6) is -0.235. The van der Waals surface area contributed by atoms with E-state index in [1.807, 2.05) is 0 Å². The van der Waals surface area contributed by atoms with E-state index in [2.05, 4.69) is 5.32 Å². The summed E-state index contributed by atoms with van der Waals surface area (Å²) >= 11 is 0. The third-order valence-corrected chi connectivity index (χ3v) is 4.98. The van der Waals surface area contributed by atoms with Crippen molar-refractivity contribution in [3.05, 3.63) is 82.9 Å². The van der Waals surface area contributed by atoms with Gasteiger partial charge in [-0.25, -0.2) is 0 Å². The van der Waals surface area contributed by atoms with Gasteiger partial charge in [-0.15, -0.1) is 0 Å². The maximum Gasteiger partial charge on any atom is 0.416 e. The fraction of sp³-hybridized carbons (Fsp3) is 0.348. The number of halogens is 6. The van der Waals surface area contributed by atoms with Crippen molar-refractivity contribution < 1.29 is 35.9 Å². The molecule has 2 aromatic rings. The van der Waals surface area contributed by atoms with E-state index in [1.54, 1.807) is 43.5 Å². The average Bonchev–Trinajstić information content (AvgIpc) is 2.73. The molecule has 0 aliphatic rings. The highest BCUT2D eigenvalue weighted by Gasteiger charge is 2.37. The lowest BCUT2D eigenvalue weighted by molar-refractivity contribution is -0.143. The molecule has 3 nitrogen and oxygen atoms in total. The first-order valence-electron chi connectivity index (χ1n) is 9.64. The molecule has 1 N–H and O–H groups in total. The third kappa shape index (κ3) is 6.43. The van der Waals surface area contributed by atoms with Crippen LogP contribution in [0.1, 0.15) is 42.2 Å². The van der Waals surface area contributed by atoms with Gasteiger partial charge >= 0.3 is 12.4 Å². The first-order valence-corrected chi connectivity index (χ1v) is 9.64. The van der Waals surface area contributed by atoms with Gasteiger partial charge < -0.3 is 10.1 Å². The van der Waals surface area contributed by atoms with Gasteiger partial charge in [0.1, 0.15) is 0 Å². The molecule has 2 atom stereocenters. The van der Waals surface area contributed by atoms with Crippen molar-refractivity contribution in [3.63, 3.8) is 0 Å². The van der Waals surface area contributed by atoms with Crippen LogP contribution in [0.25, 0.3) is 0 Å². The molecule has 0 bridgehead atoms. The highest BCUT2D eigenvalue weighted by molar-refractivity contribution is 5.87. The maximum atomic E-state index is 13.2. The van der Waals surface area contributed by atoms with Crippen molar-refractivity contribution in [1.82, 2.24) is 5.32 Å². The van der Waals surface area contributed by atoms with Crippen molar-refractivity contribution in [2.75, 3.05) is 13.7 Å². The second kappa shape index (κ2) is 9.87. The first kappa shape index (κ1) is 25.6. The number of alkyl halides is 6. The summed E-state index contributed by atoms with van der Waals surface area (Å²) in [6.45, 7) is 2.57. The van der Waals surface area contributed by atoms with E-state index < -0.39 is 35.1 Å². The molecular formula is C23H23F6NO2. The van der Waals surface area contributed by atoms with E-state index in [4.69, 9.17) is 4.74 Å². The molecule has 0 saturated carbocycles. The van der Waals surface area contributed by atoms with Crippen LogP contribution in [0.2, 0.25) is 0 Å². The Bertz CT molecular complexity index is 921. The molecule has 0 aromatic heterocycles. The number of ketones is 1. The van der Waals surface area contributed by atoms with Crippen LogP contribution in [0.4, 0.5) is 26.3 Å². The molecule has 0 saturated heterocycles. The smallest absolute Gasteiger partial charge is 0.371 e. The van der Waals surface area contributed by atoms with Crippen molar-refractivity contribution >= 4 is 5.78 Å². The summed E-state index contributed by atoms with van der Waals surface area (Å²) in [6, 6.07) is 10.2. The SMILES string of the molecule is CN[C@](/C=C/C(C)=O)(CO[C@H](C)c1cc(C(F)(F)F)cc(C(F)(F)F)c1)c1ccccc1. The van der Waals surface area contributed by atoms with Crippen LogP contribution in [-0.4, -0.2) is 19.4 Å². The fourth-order valence-corrected chi connectivity index (χ4v) is 3.09. The highest BCUT2D eigenvalue weighted by atomic mass is 19.4. The molecule has 174 valence electrons. The number of rotatable bonds is 8. The van der Waals surface area contributed by atoms with E-state index in [-0.39, 0.29) is 24.0 Å². The summed E-state index contributed by atoms with van der Waals surface area (Å²) in [7, 11) is 1.61. The van der Waals surface area contributed by atoms with Gasteiger partial charge in [0.25, 0.3) is 0 Å². The summed E-state index contributed by atoms with van der Waals surface area (Å²) in [6.07, 6.45) is -8.10. The summed E-state index contributed by atoms with van der Waals surface area (Å²) in [5.41, 5.74) is -3.40. The van der Waals surface area contributed by atoms with E-state index in [9.17, 15) is 31.1 Å². The predicted octanol–water partition coefficient (Wildman–Crippen LogP) is 6.06. The van der Waals surface area contributed by atoms with Crippen LogP contribution in [0.5, 0.6) is 0 Å². The minimum atomic E-state index is -4.95. The van der Waals surface area contributed by atoms with E-state index in [1.165, 1.54) is 19.9 Å². The number of carbonyl (C=O) groups is 1. The van der Waals surface area contributed by atoms with E-state index in [0.717, 1.165) is 0 Å². The lowest BCUT2D eigenvalue weighted by Crippen LogP contribution is -2.43. The van der Waals surface area contributed by atoms with Gasteiger partial charge in [-0.3, -0.25) is 4.79 Å². The molecule has 2 aromatic carbocycles. The quantitative estimate of drug-likeness (QED) is 0.385. The number of carbonyl (C=O) groups excluding carboxylic acids is 1. The zero-order valence-corrected chi connectivity index (χ0v) is 17.6. The van der Waals surface area contributed by atoms with Gasteiger partial charge in [-0.05, 0) is 56.3 Å². The zero-order chi connectivity index (χ0) is 24.2. The summed E-state index contributed by atoms with van der Waals surface area (Å²) in [4.78, 5) is 11.5. The number of ether oxygens (including phenoxy) is 1. The maximum absolute atomic E-state index is 13.2. The van der Waals surface area contributed by atoms with Crippen molar-refractivity contribution in [2.24, 2.45) is 0 Å². The van der Waals surface area contributed by atoms with Crippen LogP contribution in [0.15, 0.2) is 60.7 Å². The number of hydrogen-bond acceptors (Lipinski definition) is 3. The second-order valence-corrected chi connectivity index (χ2v) is 7.32. The topological polar surface area (TPSA) is 38.3 Å². The lowest BCUT2D eigenvalue weighted by atomic mass is 9.89. The number of nitrogens with one attached hydrogen (secondary N) is 1. The van der Waals surface area contributed by atoms with Gasteiger partial charge in [0, 0.05) is 0 Å². The molecule has 0 amide bonds. The van der Waals surface area contributed by atoms with Crippen molar-refractivity contribution in [3.8, 4) is 0 Å². The average molecular weight is 459 g/mol. The Morgan fingerprint density at radius 3 is 1.94 bits per heavy atom. The van der Waals surface area contributed by atoms with E-state index in [0.29, 0.717) is 17.7 Å². The van der Waals surface area contributed by atoms with Gasteiger partial charge in [0.15, 0.2) is 5.78 Å². The summed E-state index contributed by atoms with van der Waals surface area (Å²) < 4.78 is 84.8. The van der Waals surface area contributed by atoms with Crippen molar-refractivity contribution in [2.45, 2.75) is 37.8 Å². The molecule has 0 heterocycles. The Morgan fingerprint density at radius 1 is 0.969 bits per heavy atom. The van der Waals surface area contributed by atoms with Crippen LogP contribution in [0.3, 0.4) is 0 Å². The minimum Gasteiger partial charge on any atom is -0.371 e. The standard InChI is InChI=1S/C23H23F6NO2/c1-15(31)9-10-21(30-3,18-7-5-4-6-8-18)14-32-16(2)17-11-19(22(24,25)26)13-20(12-17)23(27,28)29/h4-13,16,30H,14H2,1-3H3/b10-9+/t16-,21-/m1/s1. The molecule has 0 aliphatic carbocycles. The van der Waals surface area contributed by atoms with Crippen LogP contribution in [0, 0.1) is 0 Å². The normalized spacial score (nSPS) is 15.5. The molecule has 9 heteroatoms. The molecule has 0 aliphatic heterocycles. The Hall–Kier alpha value is -2.65. The van der Waals surface area contributed by atoms with E-state index >= 15 is 0 Å². The lowest BCUT2D eigenvalue weighted by Gasteiger charge is -2.32. The molecular weight excluding hydrogens is 436 g/mol. The van der Waals surface area contributed by atoms with Crippen molar-refractivity contribution in [1.29, 1.82) is 0 Å². The highest BCUT2D eigenvalue weighted by Crippen LogP contribution is 2.38. The number of likely N-dealkylation sites (N-methyl/N-ethyl adjacent to an activating group) is 1. The number of allylic oxidation sites excluding steroid dienone is 1. The van der Waals surface area contributed by atoms with Gasteiger partial charge in [0.05, 0.1) is 29.4 Å². The minimum absolute atomic E-state index is 0.0771. The molecule has 32 heavy (non-hydrogen) atoms. The Kier molecular flexibility index (Phi) is 7.90. The Labute approximate surface area is 182 Å². The first-order chi connectivity index (χ1) is 14.8. The second-order valence-electron chi connectivity index (χ2n) is 7.32.